The number of hydrogen-bond acceptors (Lipinski definition) is 4. The van der Waals surface area contributed by atoms with E-state index in [1.807, 2.05) is 35.2 Å². The van der Waals surface area contributed by atoms with Crippen molar-refractivity contribution < 1.29 is 13.2 Å². The van der Waals surface area contributed by atoms with Crippen molar-refractivity contribution in [3.8, 4) is 0 Å². The highest BCUT2D eigenvalue weighted by atomic mass is 19.4. The van der Waals surface area contributed by atoms with Gasteiger partial charge in [0.05, 0.1) is 0 Å². The second kappa shape index (κ2) is 5.47. The second-order valence-electron chi connectivity index (χ2n) is 5.83. The van der Waals surface area contributed by atoms with E-state index in [1.165, 1.54) is 6.07 Å². The van der Waals surface area contributed by atoms with Gasteiger partial charge in [-0.1, -0.05) is 30.3 Å². The molecule has 8 heteroatoms. The molecule has 1 fully saturated rings. The normalized spacial score (nSPS) is 15.0. The van der Waals surface area contributed by atoms with Gasteiger partial charge in [0.15, 0.2) is 5.65 Å². The molecule has 2 heterocycles. The Hall–Kier alpha value is -2.64. The van der Waals surface area contributed by atoms with Gasteiger partial charge in [0.2, 0.25) is 0 Å². The fraction of sp³-hybridized carbons (Fsp3) is 0.312. The van der Waals surface area contributed by atoms with Gasteiger partial charge in [-0.15, -0.1) is 15.3 Å². The standard InChI is InChI=1S/C16H14F3N5/c17-16(18,19)15-21-20-13-8-9-14(22-24(13)15)23(12-6-7-12)10-11-4-2-1-3-5-11/h1-5,8-9,12H,6-7,10H2. The fourth-order valence-electron chi connectivity index (χ4n) is 2.67. The molecule has 0 bridgehead atoms. The molecule has 0 saturated heterocycles. The number of rotatable bonds is 4. The lowest BCUT2D eigenvalue weighted by Gasteiger charge is -2.23. The summed E-state index contributed by atoms with van der Waals surface area (Å²) in [6.45, 7) is 0.605. The predicted octanol–water partition coefficient (Wildman–Crippen LogP) is 3.31. The quantitative estimate of drug-likeness (QED) is 0.735. The topological polar surface area (TPSA) is 46.3 Å². The van der Waals surface area contributed by atoms with Crippen LogP contribution in [0.5, 0.6) is 0 Å². The molecule has 0 N–H and O–H groups in total. The Balaban J connectivity index is 1.73. The molecule has 0 aliphatic heterocycles. The number of aromatic nitrogens is 4. The summed E-state index contributed by atoms with van der Waals surface area (Å²) in [6, 6.07) is 13.3. The summed E-state index contributed by atoms with van der Waals surface area (Å²) in [5.41, 5.74) is 1.17. The van der Waals surface area contributed by atoms with Gasteiger partial charge in [-0.05, 0) is 30.5 Å². The van der Waals surface area contributed by atoms with E-state index in [0.29, 0.717) is 18.4 Å². The molecule has 24 heavy (non-hydrogen) atoms. The van der Waals surface area contributed by atoms with Crippen molar-refractivity contribution in [3.63, 3.8) is 0 Å². The predicted molar refractivity (Wildman–Crippen MR) is 81.4 cm³/mol. The second-order valence-corrected chi connectivity index (χ2v) is 5.83. The van der Waals surface area contributed by atoms with Gasteiger partial charge in [-0.25, -0.2) is 0 Å². The molecule has 0 atom stereocenters. The summed E-state index contributed by atoms with van der Waals surface area (Å²) >= 11 is 0. The van der Waals surface area contributed by atoms with Crippen LogP contribution in [0.3, 0.4) is 0 Å². The molecule has 1 saturated carbocycles. The largest absolute Gasteiger partial charge is 0.453 e. The maximum absolute atomic E-state index is 13.0. The summed E-state index contributed by atoms with van der Waals surface area (Å²) in [4.78, 5) is 2.04. The summed E-state index contributed by atoms with van der Waals surface area (Å²) in [6.07, 6.45) is -2.56. The van der Waals surface area contributed by atoms with Crippen LogP contribution in [-0.4, -0.2) is 25.9 Å². The number of halogens is 3. The Bertz CT molecular complexity index is 855. The number of anilines is 1. The van der Waals surface area contributed by atoms with Crippen molar-refractivity contribution in [2.24, 2.45) is 0 Å². The third-order valence-corrected chi connectivity index (χ3v) is 3.98. The first-order chi connectivity index (χ1) is 11.5. The average molecular weight is 333 g/mol. The maximum Gasteiger partial charge on any atom is 0.453 e. The third kappa shape index (κ3) is 2.79. The molecule has 2 aromatic heterocycles. The fourth-order valence-corrected chi connectivity index (χ4v) is 2.67. The van der Waals surface area contributed by atoms with E-state index in [4.69, 9.17) is 0 Å². The van der Waals surface area contributed by atoms with Gasteiger partial charge >= 0.3 is 6.18 Å². The van der Waals surface area contributed by atoms with E-state index in [0.717, 1.165) is 22.9 Å². The summed E-state index contributed by atoms with van der Waals surface area (Å²) in [7, 11) is 0. The van der Waals surface area contributed by atoms with Crippen molar-refractivity contribution in [1.82, 2.24) is 19.8 Å². The van der Waals surface area contributed by atoms with Crippen LogP contribution in [0.2, 0.25) is 0 Å². The molecule has 1 aliphatic rings. The molecule has 0 radical (unpaired) electrons. The number of benzene rings is 1. The van der Waals surface area contributed by atoms with Crippen LogP contribution in [0.4, 0.5) is 19.0 Å². The van der Waals surface area contributed by atoms with Gasteiger partial charge in [0.25, 0.3) is 5.82 Å². The molecule has 3 aromatic rings. The Labute approximate surface area is 135 Å². The number of alkyl halides is 3. The van der Waals surface area contributed by atoms with Crippen molar-refractivity contribution in [2.75, 3.05) is 4.90 Å². The van der Waals surface area contributed by atoms with Crippen LogP contribution in [0, 0.1) is 0 Å². The van der Waals surface area contributed by atoms with E-state index in [9.17, 15) is 13.2 Å². The van der Waals surface area contributed by atoms with Crippen molar-refractivity contribution in [3.05, 3.63) is 53.9 Å². The number of fused-ring (bicyclic) bond motifs is 1. The van der Waals surface area contributed by atoms with Gasteiger partial charge < -0.3 is 4.90 Å². The summed E-state index contributed by atoms with van der Waals surface area (Å²) in [5, 5.41) is 10.9. The molecule has 4 rings (SSSR count). The molecule has 0 amide bonds. The first-order valence-electron chi connectivity index (χ1n) is 7.62. The zero-order valence-corrected chi connectivity index (χ0v) is 12.6. The zero-order chi connectivity index (χ0) is 16.7. The van der Waals surface area contributed by atoms with Crippen molar-refractivity contribution >= 4 is 11.5 Å². The lowest BCUT2D eigenvalue weighted by Crippen LogP contribution is -2.27. The van der Waals surface area contributed by atoms with Crippen LogP contribution in [-0.2, 0) is 12.7 Å². The number of nitrogens with zero attached hydrogens (tertiary/aromatic N) is 5. The molecule has 0 spiro atoms. The van der Waals surface area contributed by atoms with Crippen molar-refractivity contribution in [1.29, 1.82) is 0 Å². The van der Waals surface area contributed by atoms with E-state index in [1.54, 1.807) is 6.07 Å². The van der Waals surface area contributed by atoms with Gasteiger partial charge in [-0.3, -0.25) is 0 Å². The third-order valence-electron chi connectivity index (χ3n) is 3.98. The Morgan fingerprint density at radius 3 is 2.46 bits per heavy atom. The van der Waals surface area contributed by atoms with E-state index >= 15 is 0 Å². The minimum absolute atomic E-state index is 0.0848. The summed E-state index contributed by atoms with van der Waals surface area (Å²) < 4.78 is 39.8. The molecular weight excluding hydrogens is 319 g/mol. The molecule has 1 aliphatic carbocycles. The number of hydrogen-bond donors (Lipinski definition) is 0. The van der Waals surface area contributed by atoms with Crippen LogP contribution in [0.25, 0.3) is 5.65 Å². The van der Waals surface area contributed by atoms with E-state index in [-0.39, 0.29) is 5.65 Å². The monoisotopic (exact) mass is 333 g/mol. The van der Waals surface area contributed by atoms with E-state index in [2.05, 4.69) is 15.3 Å². The summed E-state index contributed by atoms with van der Waals surface area (Å²) in [5.74, 6) is -0.603. The first-order valence-corrected chi connectivity index (χ1v) is 7.62. The first kappa shape index (κ1) is 14.9. The molecule has 124 valence electrons. The zero-order valence-electron chi connectivity index (χ0n) is 12.6. The van der Waals surface area contributed by atoms with Crippen LogP contribution in [0.15, 0.2) is 42.5 Å². The Morgan fingerprint density at radius 2 is 1.79 bits per heavy atom. The molecular formula is C16H14F3N5. The smallest absolute Gasteiger partial charge is 0.348 e. The Morgan fingerprint density at radius 1 is 1.04 bits per heavy atom. The van der Waals surface area contributed by atoms with Crippen molar-refractivity contribution in [2.45, 2.75) is 31.6 Å². The SMILES string of the molecule is FC(F)(F)c1nnc2ccc(N(Cc3ccccc3)C3CC3)nn12. The minimum atomic E-state index is -4.59. The lowest BCUT2D eigenvalue weighted by atomic mass is 10.2. The van der Waals surface area contributed by atoms with Crippen LogP contribution >= 0.6 is 0 Å². The van der Waals surface area contributed by atoms with E-state index < -0.39 is 12.0 Å². The van der Waals surface area contributed by atoms with Gasteiger partial charge in [-0.2, -0.15) is 17.7 Å². The van der Waals surface area contributed by atoms with Gasteiger partial charge in [0, 0.05) is 12.6 Å². The van der Waals surface area contributed by atoms with Crippen LogP contribution < -0.4 is 4.90 Å². The average Bonchev–Trinajstić information content (AvgIpc) is 3.30. The highest BCUT2D eigenvalue weighted by molar-refractivity contribution is 5.48. The highest BCUT2D eigenvalue weighted by Gasteiger charge is 2.38. The lowest BCUT2D eigenvalue weighted by molar-refractivity contribution is -0.146. The van der Waals surface area contributed by atoms with Gasteiger partial charge in [0.1, 0.15) is 5.82 Å². The molecule has 1 aromatic carbocycles. The minimum Gasteiger partial charge on any atom is -0.348 e. The van der Waals surface area contributed by atoms with Crippen LogP contribution in [0.1, 0.15) is 24.2 Å². The molecule has 5 nitrogen and oxygen atoms in total. The Kier molecular flexibility index (Phi) is 3.40. The molecule has 0 unspecified atom stereocenters. The maximum atomic E-state index is 13.0. The highest BCUT2D eigenvalue weighted by Crippen LogP contribution is 2.33.